The van der Waals surface area contributed by atoms with Crippen molar-refractivity contribution in [3.05, 3.63) is 11.9 Å². The Labute approximate surface area is 70.3 Å². The summed E-state index contributed by atoms with van der Waals surface area (Å²) in [5, 5.41) is 11.2. The smallest absolute Gasteiger partial charge is 0.217 e. The summed E-state index contributed by atoms with van der Waals surface area (Å²) >= 11 is 0. The van der Waals surface area contributed by atoms with Gasteiger partial charge in [-0.2, -0.15) is 0 Å². The minimum atomic E-state index is -0.528. The summed E-state index contributed by atoms with van der Waals surface area (Å²) in [6.07, 6.45) is 1.82. The Hall–Kier alpha value is -0.900. The van der Waals surface area contributed by atoms with Crippen LogP contribution in [-0.2, 0) is 4.79 Å². The first-order valence-electron chi connectivity index (χ1n) is 3.88. The van der Waals surface area contributed by atoms with Gasteiger partial charge >= 0.3 is 0 Å². The molecule has 0 fully saturated rings. The van der Waals surface area contributed by atoms with Gasteiger partial charge in [-0.05, 0) is 12.5 Å². The summed E-state index contributed by atoms with van der Waals surface area (Å²) in [6.45, 7) is 1.28. The molecule has 4 heteroatoms. The van der Waals surface area contributed by atoms with E-state index in [2.05, 4.69) is 5.32 Å². The second-order valence-corrected chi connectivity index (χ2v) is 2.98. The quantitative estimate of drug-likeness (QED) is 0.633. The Morgan fingerprint density at radius 3 is 3.00 bits per heavy atom. The third-order valence-electron chi connectivity index (χ3n) is 1.88. The summed E-state index contributed by atoms with van der Waals surface area (Å²) in [4.78, 5) is 10.6. The molecule has 0 spiro atoms. The largest absolute Gasteiger partial charge is 0.396 e. The van der Waals surface area contributed by atoms with Gasteiger partial charge in [-0.15, -0.1) is 0 Å². The molecule has 68 valence electrons. The van der Waals surface area contributed by atoms with Crippen LogP contribution in [-0.4, -0.2) is 23.7 Å². The van der Waals surface area contributed by atoms with Crippen molar-refractivity contribution in [3.63, 3.8) is 0 Å². The van der Waals surface area contributed by atoms with Gasteiger partial charge in [0.1, 0.15) is 5.83 Å². The lowest BCUT2D eigenvalue weighted by Crippen LogP contribution is -2.32. The van der Waals surface area contributed by atoms with Gasteiger partial charge in [0.2, 0.25) is 5.91 Å². The Bertz CT molecular complexity index is 215. The third-order valence-corrected chi connectivity index (χ3v) is 1.88. The van der Waals surface area contributed by atoms with Gasteiger partial charge in [-0.1, -0.05) is 0 Å². The highest BCUT2D eigenvalue weighted by atomic mass is 19.1. The van der Waals surface area contributed by atoms with E-state index in [0.717, 1.165) is 0 Å². The molecule has 1 aliphatic carbocycles. The van der Waals surface area contributed by atoms with E-state index in [4.69, 9.17) is 5.11 Å². The molecule has 0 aromatic carbocycles. The molecular weight excluding hydrogens is 161 g/mol. The Kier molecular flexibility index (Phi) is 2.81. The van der Waals surface area contributed by atoms with Gasteiger partial charge < -0.3 is 10.4 Å². The lowest BCUT2D eigenvalue weighted by molar-refractivity contribution is -0.119. The van der Waals surface area contributed by atoms with E-state index in [1.165, 1.54) is 13.0 Å². The first-order valence-corrected chi connectivity index (χ1v) is 3.88. The van der Waals surface area contributed by atoms with Crippen LogP contribution in [0.5, 0.6) is 0 Å². The molecule has 2 unspecified atom stereocenters. The van der Waals surface area contributed by atoms with Crippen molar-refractivity contribution in [1.82, 2.24) is 5.32 Å². The number of nitrogens with one attached hydrogen (secondary N) is 1. The molecule has 0 saturated carbocycles. The van der Waals surface area contributed by atoms with Crippen molar-refractivity contribution in [2.45, 2.75) is 19.4 Å². The number of hydrogen-bond acceptors (Lipinski definition) is 2. The van der Waals surface area contributed by atoms with E-state index in [1.54, 1.807) is 0 Å². The topological polar surface area (TPSA) is 49.3 Å². The lowest BCUT2D eigenvalue weighted by Gasteiger charge is -2.11. The Morgan fingerprint density at radius 1 is 1.92 bits per heavy atom. The highest BCUT2D eigenvalue weighted by Gasteiger charge is 2.26. The van der Waals surface area contributed by atoms with E-state index < -0.39 is 6.04 Å². The zero-order chi connectivity index (χ0) is 9.14. The van der Waals surface area contributed by atoms with Crippen molar-refractivity contribution in [2.24, 2.45) is 5.92 Å². The van der Waals surface area contributed by atoms with Crippen LogP contribution in [0, 0.1) is 5.92 Å². The standard InChI is InChI=1S/C8H12FNO2/c1-5(12)10-8-3-6(4-11)2-7(8)9/h2,6,8,11H,3-4H2,1H3,(H,10,12). The van der Waals surface area contributed by atoms with Gasteiger partial charge in [0.05, 0.1) is 6.04 Å². The second kappa shape index (κ2) is 3.67. The Balaban J connectivity index is 2.50. The summed E-state index contributed by atoms with van der Waals surface area (Å²) < 4.78 is 12.9. The molecule has 0 aromatic heterocycles. The summed E-state index contributed by atoms with van der Waals surface area (Å²) in [6, 6.07) is -0.528. The van der Waals surface area contributed by atoms with Crippen LogP contribution in [0.2, 0.25) is 0 Å². The molecule has 2 N–H and O–H groups in total. The fourth-order valence-corrected chi connectivity index (χ4v) is 1.33. The number of amides is 1. The number of carbonyl (C=O) groups excluding carboxylic acids is 1. The predicted octanol–water partition coefficient (Wildman–Crippen LogP) is 0.357. The van der Waals surface area contributed by atoms with E-state index in [-0.39, 0.29) is 24.3 Å². The fourth-order valence-electron chi connectivity index (χ4n) is 1.33. The lowest BCUT2D eigenvalue weighted by atomic mass is 10.1. The molecule has 3 nitrogen and oxygen atoms in total. The van der Waals surface area contributed by atoms with Crippen LogP contribution < -0.4 is 5.32 Å². The molecule has 0 saturated heterocycles. The van der Waals surface area contributed by atoms with Crippen molar-refractivity contribution in [2.75, 3.05) is 6.61 Å². The van der Waals surface area contributed by atoms with Crippen molar-refractivity contribution < 1.29 is 14.3 Å². The average Bonchev–Trinajstić information content (AvgIpc) is 2.31. The average molecular weight is 173 g/mol. The SMILES string of the molecule is CC(=O)NC1CC(CO)C=C1F. The maximum atomic E-state index is 12.9. The van der Waals surface area contributed by atoms with E-state index in [1.807, 2.05) is 0 Å². The normalized spacial score (nSPS) is 28.4. The van der Waals surface area contributed by atoms with Gasteiger partial charge in [0.25, 0.3) is 0 Å². The zero-order valence-corrected chi connectivity index (χ0v) is 6.88. The summed E-state index contributed by atoms with van der Waals surface area (Å²) in [7, 11) is 0. The molecule has 0 aromatic rings. The van der Waals surface area contributed by atoms with Crippen LogP contribution >= 0.6 is 0 Å². The second-order valence-electron chi connectivity index (χ2n) is 2.98. The minimum absolute atomic E-state index is 0.0660. The van der Waals surface area contributed by atoms with E-state index in [9.17, 15) is 9.18 Å². The van der Waals surface area contributed by atoms with Gasteiger partial charge in [0.15, 0.2) is 0 Å². The van der Waals surface area contributed by atoms with Crippen molar-refractivity contribution >= 4 is 5.91 Å². The number of halogens is 1. The molecule has 0 bridgehead atoms. The van der Waals surface area contributed by atoms with E-state index >= 15 is 0 Å². The van der Waals surface area contributed by atoms with Crippen LogP contribution in [0.15, 0.2) is 11.9 Å². The molecule has 1 rings (SSSR count). The van der Waals surface area contributed by atoms with Crippen molar-refractivity contribution in [3.8, 4) is 0 Å². The number of hydrogen-bond donors (Lipinski definition) is 2. The summed E-state index contributed by atoms with van der Waals surface area (Å²) in [5.74, 6) is -0.742. The molecule has 0 aliphatic heterocycles. The molecule has 2 atom stereocenters. The van der Waals surface area contributed by atoms with Crippen LogP contribution in [0.25, 0.3) is 0 Å². The first kappa shape index (κ1) is 9.19. The van der Waals surface area contributed by atoms with Gasteiger partial charge in [0, 0.05) is 19.4 Å². The monoisotopic (exact) mass is 173 g/mol. The predicted molar refractivity (Wildman–Crippen MR) is 42.0 cm³/mol. The number of aliphatic hydroxyl groups excluding tert-OH is 1. The highest BCUT2D eigenvalue weighted by molar-refractivity contribution is 5.73. The maximum Gasteiger partial charge on any atom is 0.217 e. The third kappa shape index (κ3) is 2.04. The number of carbonyl (C=O) groups is 1. The van der Waals surface area contributed by atoms with Gasteiger partial charge in [-0.25, -0.2) is 4.39 Å². The Morgan fingerprint density at radius 2 is 2.58 bits per heavy atom. The molecular formula is C8H12FNO2. The fraction of sp³-hybridized carbons (Fsp3) is 0.625. The molecule has 0 radical (unpaired) electrons. The molecule has 1 amide bonds. The van der Waals surface area contributed by atoms with E-state index in [0.29, 0.717) is 6.42 Å². The maximum absolute atomic E-state index is 12.9. The minimum Gasteiger partial charge on any atom is -0.396 e. The summed E-state index contributed by atoms with van der Waals surface area (Å²) in [5.41, 5.74) is 0. The van der Waals surface area contributed by atoms with Gasteiger partial charge in [-0.3, -0.25) is 4.79 Å². The molecule has 0 heterocycles. The first-order chi connectivity index (χ1) is 5.63. The molecule has 12 heavy (non-hydrogen) atoms. The van der Waals surface area contributed by atoms with Crippen LogP contribution in [0.4, 0.5) is 4.39 Å². The zero-order valence-electron chi connectivity index (χ0n) is 6.88. The molecule has 1 aliphatic rings. The van der Waals surface area contributed by atoms with Crippen molar-refractivity contribution in [1.29, 1.82) is 0 Å². The number of aliphatic hydroxyl groups is 1. The van der Waals surface area contributed by atoms with Crippen LogP contribution in [0.3, 0.4) is 0 Å². The number of rotatable bonds is 2. The highest BCUT2D eigenvalue weighted by Crippen LogP contribution is 2.24. The van der Waals surface area contributed by atoms with Crippen LogP contribution in [0.1, 0.15) is 13.3 Å².